The van der Waals surface area contributed by atoms with E-state index in [1.54, 1.807) is 10.6 Å². The number of pyridine rings is 1. The maximum Gasteiger partial charge on any atom is 0.274 e. The van der Waals surface area contributed by atoms with Crippen LogP contribution in [-0.4, -0.2) is 50.2 Å². The number of nitrogens with one attached hydrogen (secondary N) is 1. The van der Waals surface area contributed by atoms with E-state index in [0.717, 1.165) is 27.5 Å². The fourth-order valence-corrected chi connectivity index (χ4v) is 6.09. The molecule has 0 bridgehead atoms. The molecule has 1 saturated heterocycles. The lowest BCUT2D eigenvalue weighted by molar-refractivity contribution is 0.0690. The molecule has 3 aromatic heterocycles. The first-order valence-electron chi connectivity index (χ1n) is 11.2. The van der Waals surface area contributed by atoms with Gasteiger partial charge in [-0.3, -0.25) is 14.0 Å². The number of likely N-dealkylation sites (tertiary alicyclic amines) is 1. The van der Waals surface area contributed by atoms with Crippen LogP contribution in [0.25, 0.3) is 16.1 Å². The van der Waals surface area contributed by atoms with Crippen molar-refractivity contribution >= 4 is 40.4 Å². The van der Waals surface area contributed by atoms with Crippen LogP contribution >= 0.6 is 22.9 Å². The van der Waals surface area contributed by atoms with Crippen LogP contribution in [0, 0.1) is 18.8 Å². The van der Waals surface area contributed by atoms with Crippen LogP contribution in [0.2, 0.25) is 5.02 Å². The number of aromatic nitrogens is 3. The standard InChI is InChI=1S/C25H22ClN5O2S/c1-14-29-22(23(34-14)15-5-4-6-17(26)9-15)25(33)31-13-16-10-18(16)19(31)11-28-24(32)20-12-27-21-7-2-3-8-30(20)21/h2-9,12,16,18-19H,10-11,13H2,1H3,(H,28,32)/t16-,18-,19+/m0/s1. The molecule has 4 heterocycles. The third-order valence-corrected chi connectivity index (χ3v) is 7.96. The van der Waals surface area contributed by atoms with E-state index in [9.17, 15) is 9.59 Å². The van der Waals surface area contributed by atoms with Crippen molar-refractivity contribution < 1.29 is 9.59 Å². The molecule has 6 rings (SSSR count). The molecule has 4 aromatic rings. The molecule has 9 heteroatoms. The second-order valence-electron chi connectivity index (χ2n) is 8.89. The lowest BCUT2D eigenvalue weighted by Crippen LogP contribution is -2.46. The minimum Gasteiger partial charge on any atom is -0.349 e. The molecule has 3 atom stereocenters. The molecule has 0 spiro atoms. The number of hydrogen-bond acceptors (Lipinski definition) is 5. The van der Waals surface area contributed by atoms with Gasteiger partial charge in [0.25, 0.3) is 11.8 Å². The van der Waals surface area contributed by atoms with Gasteiger partial charge in [0.15, 0.2) is 0 Å². The summed E-state index contributed by atoms with van der Waals surface area (Å²) in [5.74, 6) is 0.636. The zero-order valence-corrected chi connectivity index (χ0v) is 20.0. The fraction of sp³-hybridized carbons (Fsp3) is 0.280. The number of piperidine rings is 1. The Kier molecular flexibility index (Phi) is 5.15. The lowest BCUT2D eigenvalue weighted by Gasteiger charge is -2.27. The normalized spacial score (nSPS) is 21.0. The SMILES string of the molecule is Cc1nc(C(=O)N2C[C@@H]3C[C@@H]3[C@H]2CNC(=O)c2cnc3ccccn23)c(-c2cccc(Cl)c2)s1. The number of benzene rings is 1. The fourth-order valence-electron chi connectivity index (χ4n) is 4.99. The second-order valence-corrected chi connectivity index (χ2v) is 10.5. The van der Waals surface area contributed by atoms with E-state index in [0.29, 0.717) is 41.3 Å². The highest BCUT2D eigenvalue weighted by atomic mass is 35.5. The minimum atomic E-state index is -0.195. The molecule has 1 aliphatic carbocycles. The number of imidazole rings is 1. The topological polar surface area (TPSA) is 79.6 Å². The zero-order chi connectivity index (χ0) is 23.4. The van der Waals surface area contributed by atoms with Crippen LogP contribution in [-0.2, 0) is 0 Å². The number of carbonyl (C=O) groups is 2. The summed E-state index contributed by atoms with van der Waals surface area (Å²) in [4.78, 5) is 38.2. The Labute approximate surface area is 205 Å². The average Bonchev–Trinajstić information content (AvgIpc) is 3.17. The van der Waals surface area contributed by atoms with Crippen LogP contribution in [0.4, 0.5) is 0 Å². The van der Waals surface area contributed by atoms with Gasteiger partial charge in [-0.05, 0) is 55.0 Å². The first-order valence-corrected chi connectivity index (χ1v) is 12.4. The molecule has 7 nitrogen and oxygen atoms in total. The maximum atomic E-state index is 13.7. The highest BCUT2D eigenvalue weighted by Gasteiger charge is 2.54. The highest BCUT2D eigenvalue weighted by molar-refractivity contribution is 7.15. The van der Waals surface area contributed by atoms with Gasteiger partial charge in [0.1, 0.15) is 17.0 Å². The van der Waals surface area contributed by atoms with E-state index < -0.39 is 0 Å². The van der Waals surface area contributed by atoms with E-state index in [1.807, 2.05) is 60.5 Å². The number of halogens is 1. The Morgan fingerprint density at radius 2 is 2.12 bits per heavy atom. The number of fused-ring (bicyclic) bond motifs is 2. The van der Waals surface area contributed by atoms with Crippen molar-refractivity contribution in [2.45, 2.75) is 19.4 Å². The van der Waals surface area contributed by atoms with Gasteiger partial charge in [-0.15, -0.1) is 11.3 Å². The van der Waals surface area contributed by atoms with Crippen LogP contribution in [0.1, 0.15) is 32.4 Å². The Morgan fingerprint density at radius 3 is 2.97 bits per heavy atom. The summed E-state index contributed by atoms with van der Waals surface area (Å²) in [6.45, 7) is 3.01. The number of nitrogens with zero attached hydrogens (tertiary/aromatic N) is 4. The third kappa shape index (κ3) is 3.67. The van der Waals surface area contributed by atoms with Gasteiger partial charge < -0.3 is 10.2 Å². The smallest absolute Gasteiger partial charge is 0.274 e. The second kappa shape index (κ2) is 8.21. The third-order valence-electron chi connectivity index (χ3n) is 6.71. The van der Waals surface area contributed by atoms with Crippen molar-refractivity contribution in [3.8, 4) is 10.4 Å². The van der Waals surface area contributed by atoms with E-state index in [2.05, 4.69) is 15.3 Å². The number of hydrogen-bond donors (Lipinski definition) is 1. The van der Waals surface area contributed by atoms with E-state index in [4.69, 9.17) is 11.6 Å². The predicted molar refractivity (Wildman–Crippen MR) is 131 cm³/mol. The van der Waals surface area contributed by atoms with Gasteiger partial charge in [0.05, 0.1) is 22.1 Å². The minimum absolute atomic E-state index is 0.0464. The van der Waals surface area contributed by atoms with Crippen molar-refractivity contribution in [1.82, 2.24) is 24.6 Å². The largest absolute Gasteiger partial charge is 0.349 e. The van der Waals surface area contributed by atoms with Crippen LogP contribution < -0.4 is 5.32 Å². The van der Waals surface area contributed by atoms with E-state index in [-0.39, 0.29) is 17.9 Å². The van der Waals surface area contributed by atoms with Crippen molar-refractivity contribution in [2.75, 3.05) is 13.1 Å². The number of rotatable bonds is 5. The first kappa shape index (κ1) is 21.3. The zero-order valence-electron chi connectivity index (χ0n) is 18.4. The Balaban J connectivity index is 1.23. The molecule has 2 amide bonds. The Morgan fingerprint density at radius 1 is 1.24 bits per heavy atom. The van der Waals surface area contributed by atoms with E-state index in [1.165, 1.54) is 11.3 Å². The molecule has 2 aliphatic rings. The van der Waals surface area contributed by atoms with Gasteiger partial charge in [0.2, 0.25) is 0 Å². The molecule has 34 heavy (non-hydrogen) atoms. The molecule has 0 unspecified atom stereocenters. The maximum absolute atomic E-state index is 13.7. The van der Waals surface area contributed by atoms with Crippen LogP contribution in [0.3, 0.4) is 0 Å². The molecule has 2 fully saturated rings. The number of aryl methyl sites for hydroxylation is 1. The summed E-state index contributed by atoms with van der Waals surface area (Å²) >= 11 is 7.70. The Bertz CT molecular complexity index is 1430. The van der Waals surface area contributed by atoms with Crippen molar-refractivity contribution in [1.29, 1.82) is 0 Å². The predicted octanol–water partition coefficient (Wildman–Crippen LogP) is 4.31. The molecular formula is C25H22ClN5O2S. The lowest BCUT2D eigenvalue weighted by atomic mass is 10.1. The first-order chi connectivity index (χ1) is 16.5. The number of carbonyl (C=O) groups excluding carboxylic acids is 2. The summed E-state index contributed by atoms with van der Waals surface area (Å²) in [6, 6.07) is 13.1. The summed E-state index contributed by atoms with van der Waals surface area (Å²) < 4.78 is 1.77. The molecule has 1 saturated carbocycles. The van der Waals surface area contributed by atoms with Crippen molar-refractivity contribution in [2.24, 2.45) is 11.8 Å². The summed E-state index contributed by atoms with van der Waals surface area (Å²) in [5, 5.41) is 4.50. The van der Waals surface area contributed by atoms with E-state index >= 15 is 0 Å². The molecule has 1 N–H and O–H groups in total. The summed E-state index contributed by atoms with van der Waals surface area (Å²) in [6.07, 6.45) is 4.50. The van der Waals surface area contributed by atoms with Crippen molar-refractivity contribution in [3.05, 3.63) is 76.3 Å². The van der Waals surface area contributed by atoms with Crippen molar-refractivity contribution in [3.63, 3.8) is 0 Å². The Hall–Kier alpha value is -3.23. The number of amides is 2. The van der Waals surface area contributed by atoms with Gasteiger partial charge in [-0.2, -0.15) is 0 Å². The van der Waals surface area contributed by atoms with Crippen LogP contribution in [0.15, 0.2) is 54.9 Å². The quantitative estimate of drug-likeness (QED) is 0.451. The molecular weight excluding hydrogens is 470 g/mol. The molecule has 0 radical (unpaired) electrons. The molecule has 172 valence electrons. The van der Waals surface area contributed by atoms with Gasteiger partial charge >= 0.3 is 0 Å². The van der Waals surface area contributed by atoms with Gasteiger partial charge in [-0.1, -0.05) is 29.8 Å². The molecule has 1 aliphatic heterocycles. The average molecular weight is 492 g/mol. The molecule has 1 aromatic carbocycles. The number of thiazole rings is 1. The highest BCUT2D eigenvalue weighted by Crippen LogP contribution is 2.50. The van der Waals surface area contributed by atoms with Gasteiger partial charge in [-0.25, -0.2) is 9.97 Å². The van der Waals surface area contributed by atoms with Crippen LogP contribution in [0.5, 0.6) is 0 Å². The summed E-state index contributed by atoms with van der Waals surface area (Å²) in [5.41, 5.74) is 2.56. The monoisotopic (exact) mass is 491 g/mol. The summed E-state index contributed by atoms with van der Waals surface area (Å²) in [7, 11) is 0. The van der Waals surface area contributed by atoms with Gasteiger partial charge in [0, 0.05) is 24.3 Å².